The van der Waals surface area contributed by atoms with Crippen molar-refractivity contribution in [1.82, 2.24) is 0 Å². The monoisotopic (exact) mass is 450 g/mol. The van der Waals surface area contributed by atoms with Crippen LogP contribution in [-0.2, 0) is 19.1 Å². The van der Waals surface area contributed by atoms with Gasteiger partial charge < -0.3 is 9.15 Å². The molecule has 0 bridgehead atoms. The van der Waals surface area contributed by atoms with Crippen molar-refractivity contribution in [3.63, 3.8) is 0 Å². The van der Waals surface area contributed by atoms with Crippen molar-refractivity contribution in [3.05, 3.63) is 48.0 Å². The SMILES string of the molecule is CC(=O)O[C@@H]1C[C@H]2C(C)(C)C(=O)C=C[C@]2(C)[C@H]2CC[C@]3(C)C(=CC(=O)[C@H]3c3ccoc3)C12C. The lowest BCUT2D eigenvalue weighted by molar-refractivity contribution is -0.187. The first-order valence-electron chi connectivity index (χ1n) is 12.1. The second kappa shape index (κ2) is 6.80. The molecule has 5 heteroatoms. The minimum atomic E-state index is -0.539. The number of hydrogen-bond acceptors (Lipinski definition) is 5. The maximum absolute atomic E-state index is 13.4. The van der Waals surface area contributed by atoms with Crippen molar-refractivity contribution >= 4 is 17.5 Å². The van der Waals surface area contributed by atoms with Crippen molar-refractivity contribution in [2.75, 3.05) is 0 Å². The molecular weight excluding hydrogens is 416 g/mol. The van der Waals surface area contributed by atoms with Gasteiger partial charge in [-0.2, -0.15) is 0 Å². The molecule has 0 spiro atoms. The molecule has 0 radical (unpaired) electrons. The van der Waals surface area contributed by atoms with Crippen molar-refractivity contribution in [1.29, 1.82) is 0 Å². The largest absolute Gasteiger partial charge is 0.472 e. The zero-order valence-corrected chi connectivity index (χ0v) is 20.4. The molecule has 0 aliphatic heterocycles. The van der Waals surface area contributed by atoms with E-state index in [9.17, 15) is 14.4 Å². The highest BCUT2D eigenvalue weighted by molar-refractivity contribution is 6.01. The van der Waals surface area contributed by atoms with Gasteiger partial charge in [0.1, 0.15) is 6.10 Å². The maximum Gasteiger partial charge on any atom is 0.302 e. The number of carbonyl (C=O) groups excluding carboxylic acids is 3. The van der Waals surface area contributed by atoms with Gasteiger partial charge >= 0.3 is 5.97 Å². The molecule has 1 unspecified atom stereocenters. The fourth-order valence-electron chi connectivity index (χ4n) is 8.44. The van der Waals surface area contributed by atoms with Gasteiger partial charge in [-0.3, -0.25) is 14.4 Å². The molecule has 2 saturated carbocycles. The third kappa shape index (κ3) is 2.74. The van der Waals surface area contributed by atoms with Gasteiger partial charge in [-0.25, -0.2) is 0 Å². The Bertz CT molecular complexity index is 1090. The minimum absolute atomic E-state index is 0.0525. The molecule has 0 aromatic carbocycles. The topological polar surface area (TPSA) is 73.6 Å². The molecule has 0 N–H and O–H groups in total. The first-order chi connectivity index (χ1) is 15.4. The number of fused-ring (bicyclic) bond motifs is 5. The average molecular weight is 451 g/mol. The summed E-state index contributed by atoms with van der Waals surface area (Å²) in [7, 11) is 0. The Labute approximate surface area is 195 Å². The lowest BCUT2D eigenvalue weighted by atomic mass is 9.38. The zero-order chi connectivity index (χ0) is 24.0. The summed E-state index contributed by atoms with van der Waals surface area (Å²) in [6.07, 6.45) is 11.0. The van der Waals surface area contributed by atoms with Crippen LogP contribution in [0.2, 0.25) is 0 Å². The van der Waals surface area contributed by atoms with Crippen molar-refractivity contribution in [3.8, 4) is 0 Å². The van der Waals surface area contributed by atoms with Crippen LogP contribution in [0.5, 0.6) is 0 Å². The number of ketones is 2. The summed E-state index contributed by atoms with van der Waals surface area (Å²) in [5.74, 6) is -0.177. The van der Waals surface area contributed by atoms with Crippen LogP contribution in [0.1, 0.15) is 72.3 Å². The third-order valence-corrected chi connectivity index (χ3v) is 9.99. The summed E-state index contributed by atoms with van der Waals surface area (Å²) < 4.78 is 11.4. The molecular formula is C28H34O5. The van der Waals surface area contributed by atoms with Gasteiger partial charge in [0.15, 0.2) is 11.6 Å². The maximum atomic E-state index is 13.4. The summed E-state index contributed by atoms with van der Waals surface area (Å²) in [5, 5.41) is 0. The van der Waals surface area contributed by atoms with Crippen LogP contribution in [0.3, 0.4) is 0 Å². The number of ether oxygens (including phenoxy) is 1. The standard InChI is InChI=1S/C28H34O5/c1-16(29)33-23-14-20-25(2,3)22(31)8-11-26(20,4)19-7-10-27(5)21(28(19,23)6)13-18(30)24(27)17-9-12-32-15-17/h8-9,11-13,15,19-20,23-24H,7,10,14H2,1-6H3/t19-,20+,23-,24-,26-,27-,28?/m1/s1. The fourth-order valence-corrected chi connectivity index (χ4v) is 8.44. The minimum Gasteiger partial charge on any atom is -0.472 e. The number of carbonyl (C=O) groups is 3. The predicted octanol–water partition coefficient (Wildman–Crippen LogP) is 5.42. The molecule has 1 aromatic heterocycles. The number of esters is 1. The molecule has 0 amide bonds. The van der Waals surface area contributed by atoms with E-state index in [-0.39, 0.29) is 46.1 Å². The number of hydrogen-bond donors (Lipinski definition) is 0. The first-order valence-corrected chi connectivity index (χ1v) is 12.1. The van der Waals surface area contributed by atoms with E-state index < -0.39 is 16.9 Å². The summed E-state index contributed by atoms with van der Waals surface area (Å²) in [6.45, 7) is 12.1. The van der Waals surface area contributed by atoms with Gasteiger partial charge in [-0.15, -0.1) is 0 Å². The third-order valence-electron chi connectivity index (χ3n) is 9.99. The predicted molar refractivity (Wildman–Crippen MR) is 123 cm³/mol. The highest BCUT2D eigenvalue weighted by Crippen LogP contribution is 2.72. The van der Waals surface area contributed by atoms with Crippen LogP contribution in [-0.4, -0.2) is 23.6 Å². The van der Waals surface area contributed by atoms with E-state index >= 15 is 0 Å². The molecule has 7 atom stereocenters. The molecule has 5 rings (SSSR count). The van der Waals surface area contributed by atoms with Gasteiger partial charge in [0.05, 0.1) is 18.4 Å². The number of allylic oxidation sites excluding steroid dienone is 3. The molecule has 5 nitrogen and oxygen atoms in total. The summed E-state index contributed by atoms with van der Waals surface area (Å²) in [5.41, 5.74) is 0.363. The van der Waals surface area contributed by atoms with E-state index in [4.69, 9.17) is 9.15 Å². The van der Waals surface area contributed by atoms with E-state index in [0.717, 1.165) is 24.0 Å². The Hall–Kier alpha value is -2.43. The van der Waals surface area contributed by atoms with Crippen LogP contribution in [0.25, 0.3) is 0 Å². The normalized spacial score (nSPS) is 43.4. The quantitative estimate of drug-likeness (QED) is 0.563. The molecule has 0 saturated heterocycles. The van der Waals surface area contributed by atoms with Crippen LogP contribution in [0.15, 0.2) is 46.8 Å². The highest BCUT2D eigenvalue weighted by atomic mass is 16.5. The Morgan fingerprint density at radius 2 is 1.85 bits per heavy atom. The van der Waals surface area contributed by atoms with E-state index in [1.807, 2.05) is 26.0 Å². The molecule has 1 heterocycles. The Morgan fingerprint density at radius 3 is 2.48 bits per heavy atom. The molecule has 4 aliphatic carbocycles. The molecule has 33 heavy (non-hydrogen) atoms. The van der Waals surface area contributed by atoms with Crippen molar-refractivity contribution < 1.29 is 23.5 Å². The smallest absolute Gasteiger partial charge is 0.302 e. The van der Waals surface area contributed by atoms with Gasteiger partial charge in [0.25, 0.3) is 0 Å². The van der Waals surface area contributed by atoms with Crippen LogP contribution < -0.4 is 0 Å². The molecule has 1 aromatic rings. The van der Waals surface area contributed by atoms with Gasteiger partial charge in [-0.05, 0) is 60.3 Å². The summed E-state index contributed by atoms with van der Waals surface area (Å²) in [4.78, 5) is 38.6. The molecule has 2 fully saturated rings. The van der Waals surface area contributed by atoms with Crippen LogP contribution in [0.4, 0.5) is 0 Å². The van der Waals surface area contributed by atoms with Crippen LogP contribution in [0, 0.1) is 33.5 Å². The van der Waals surface area contributed by atoms with E-state index in [2.05, 4.69) is 26.8 Å². The van der Waals surface area contributed by atoms with Crippen molar-refractivity contribution in [2.24, 2.45) is 33.5 Å². The van der Waals surface area contributed by atoms with Crippen LogP contribution >= 0.6 is 0 Å². The van der Waals surface area contributed by atoms with E-state index in [0.29, 0.717) is 6.42 Å². The first kappa shape index (κ1) is 22.4. The fraction of sp³-hybridized carbons (Fsp3) is 0.607. The van der Waals surface area contributed by atoms with E-state index in [1.54, 1.807) is 18.6 Å². The second-order valence-electron chi connectivity index (χ2n) is 11.9. The lowest BCUT2D eigenvalue weighted by Gasteiger charge is -2.66. The van der Waals surface area contributed by atoms with Gasteiger partial charge in [-0.1, -0.05) is 40.7 Å². The van der Waals surface area contributed by atoms with Gasteiger partial charge in [0, 0.05) is 28.7 Å². The Balaban J connectivity index is 1.68. The number of furan rings is 1. The zero-order valence-electron chi connectivity index (χ0n) is 20.4. The van der Waals surface area contributed by atoms with Crippen molar-refractivity contribution in [2.45, 2.75) is 72.8 Å². The second-order valence-corrected chi connectivity index (χ2v) is 11.9. The van der Waals surface area contributed by atoms with Gasteiger partial charge in [0.2, 0.25) is 0 Å². The number of rotatable bonds is 2. The Kier molecular flexibility index (Phi) is 4.61. The summed E-state index contributed by atoms with van der Waals surface area (Å²) >= 11 is 0. The van der Waals surface area contributed by atoms with E-state index in [1.165, 1.54) is 6.92 Å². The average Bonchev–Trinajstić information content (AvgIpc) is 3.32. The summed E-state index contributed by atoms with van der Waals surface area (Å²) in [6, 6.07) is 1.89. The molecule has 4 aliphatic rings. The highest BCUT2D eigenvalue weighted by Gasteiger charge is 2.69. The Morgan fingerprint density at radius 1 is 1.12 bits per heavy atom. The molecule has 176 valence electrons. The lowest BCUT2D eigenvalue weighted by Crippen LogP contribution is -2.64.